The van der Waals surface area contributed by atoms with Crippen LogP contribution in [0.25, 0.3) is 0 Å². The Bertz CT molecular complexity index is 388. The second-order valence-electron chi connectivity index (χ2n) is 3.66. The Kier molecular flexibility index (Phi) is 3.71. The highest BCUT2D eigenvalue weighted by Gasteiger charge is 2.21. The summed E-state index contributed by atoms with van der Waals surface area (Å²) in [4.78, 5) is 22.7. The predicted octanol–water partition coefficient (Wildman–Crippen LogP) is 1.34. The summed E-state index contributed by atoms with van der Waals surface area (Å²) in [5.41, 5.74) is -0.164. The molecular formula is C10H15NO4. The second-order valence-corrected chi connectivity index (χ2v) is 3.66. The molecule has 0 aliphatic rings. The van der Waals surface area contributed by atoms with Crippen LogP contribution in [-0.4, -0.2) is 17.7 Å². The van der Waals surface area contributed by atoms with Crippen LogP contribution in [0.4, 0.5) is 0 Å². The SMILES string of the molecule is CCOC(=O)c1c(CC(C)C)[nH]oc1=O. The first-order chi connectivity index (χ1) is 7.06. The maximum atomic E-state index is 11.4. The number of esters is 1. The number of ether oxygens (including phenoxy) is 1. The molecule has 1 aromatic heterocycles. The molecule has 5 nitrogen and oxygen atoms in total. The lowest BCUT2D eigenvalue weighted by Crippen LogP contribution is -2.16. The number of hydrogen-bond acceptors (Lipinski definition) is 4. The van der Waals surface area contributed by atoms with E-state index in [1.807, 2.05) is 13.8 Å². The van der Waals surface area contributed by atoms with Crippen molar-refractivity contribution >= 4 is 5.97 Å². The maximum Gasteiger partial charge on any atom is 0.372 e. The molecular weight excluding hydrogens is 198 g/mol. The van der Waals surface area contributed by atoms with Gasteiger partial charge in [0.1, 0.15) is 0 Å². The molecule has 0 fully saturated rings. The van der Waals surface area contributed by atoms with E-state index < -0.39 is 11.6 Å². The molecule has 1 rings (SSSR count). The largest absolute Gasteiger partial charge is 0.462 e. The van der Waals surface area contributed by atoms with Crippen LogP contribution in [0.2, 0.25) is 0 Å². The molecule has 0 saturated heterocycles. The fraction of sp³-hybridized carbons (Fsp3) is 0.600. The van der Waals surface area contributed by atoms with E-state index in [0.29, 0.717) is 18.0 Å². The standard InChI is InChI=1S/C10H15NO4/c1-4-14-9(12)8-7(5-6(2)3)11-15-10(8)13/h6,11H,4-5H2,1-3H3. The second kappa shape index (κ2) is 4.82. The molecule has 0 radical (unpaired) electrons. The number of hydrogen-bond donors (Lipinski definition) is 1. The molecule has 0 amide bonds. The quantitative estimate of drug-likeness (QED) is 0.766. The monoisotopic (exact) mass is 213 g/mol. The zero-order chi connectivity index (χ0) is 11.4. The number of rotatable bonds is 4. The first kappa shape index (κ1) is 11.6. The van der Waals surface area contributed by atoms with Crippen LogP contribution in [0.15, 0.2) is 9.32 Å². The van der Waals surface area contributed by atoms with Gasteiger partial charge in [-0.1, -0.05) is 13.8 Å². The van der Waals surface area contributed by atoms with Crippen molar-refractivity contribution in [2.75, 3.05) is 6.61 Å². The van der Waals surface area contributed by atoms with Crippen LogP contribution in [0, 0.1) is 5.92 Å². The number of carbonyl (C=O) groups is 1. The van der Waals surface area contributed by atoms with Crippen LogP contribution in [-0.2, 0) is 11.2 Å². The number of nitrogens with one attached hydrogen (secondary N) is 1. The van der Waals surface area contributed by atoms with E-state index in [0.717, 1.165) is 0 Å². The summed E-state index contributed by atoms with van der Waals surface area (Å²) in [6, 6.07) is 0. The third-order valence-corrected chi connectivity index (χ3v) is 1.86. The van der Waals surface area contributed by atoms with E-state index in [1.165, 1.54) is 0 Å². The summed E-state index contributed by atoms with van der Waals surface area (Å²) >= 11 is 0. The van der Waals surface area contributed by atoms with Crippen molar-refractivity contribution in [2.24, 2.45) is 5.92 Å². The van der Waals surface area contributed by atoms with Crippen molar-refractivity contribution < 1.29 is 14.1 Å². The molecule has 84 valence electrons. The molecule has 0 unspecified atom stereocenters. The number of carbonyl (C=O) groups excluding carboxylic acids is 1. The lowest BCUT2D eigenvalue weighted by Gasteiger charge is -2.03. The van der Waals surface area contributed by atoms with Crippen molar-refractivity contribution in [3.05, 3.63) is 21.7 Å². The molecule has 1 N–H and O–H groups in total. The molecule has 0 atom stereocenters. The van der Waals surface area contributed by atoms with Crippen molar-refractivity contribution in [3.63, 3.8) is 0 Å². The Morgan fingerprint density at radius 1 is 1.53 bits per heavy atom. The van der Waals surface area contributed by atoms with E-state index in [-0.39, 0.29) is 12.2 Å². The van der Waals surface area contributed by atoms with Crippen molar-refractivity contribution in [1.82, 2.24) is 5.16 Å². The average molecular weight is 213 g/mol. The fourth-order valence-electron chi connectivity index (χ4n) is 1.29. The lowest BCUT2D eigenvalue weighted by atomic mass is 10.1. The maximum absolute atomic E-state index is 11.4. The lowest BCUT2D eigenvalue weighted by molar-refractivity contribution is 0.0522. The van der Waals surface area contributed by atoms with Gasteiger partial charge in [-0.05, 0) is 19.3 Å². The number of aromatic nitrogens is 1. The molecule has 1 aromatic rings. The summed E-state index contributed by atoms with van der Waals surface area (Å²) in [5, 5.41) is 2.46. The minimum absolute atomic E-state index is 0.00875. The number of H-pyrrole nitrogens is 1. The molecule has 0 saturated carbocycles. The van der Waals surface area contributed by atoms with Crippen LogP contribution < -0.4 is 5.63 Å². The first-order valence-electron chi connectivity index (χ1n) is 4.93. The summed E-state index contributed by atoms with van der Waals surface area (Å²) in [6.07, 6.45) is 0.583. The van der Waals surface area contributed by atoms with Crippen LogP contribution in [0.1, 0.15) is 36.8 Å². The average Bonchev–Trinajstić information content (AvgIpc) is 2.46. The third kappa shape index (κ3) is 2.71. The Labute approximate surface area is 87.4 Å². The van der Waals surface area contributed by atoms with E-state index in [2.05, 4.69) is 9.68 Å². The smallest absolute Gasteiger partial charge is 0.372 e. The topological polar surface area (TPSA) is 72.3 Å². The van der Waals surface area contributed by atoms with Crippen molar-refractivity contribution in [3.8, 4) is 0 Å². The zero-order valence-electron chi connectivity index (χ0n) is 9.12. The third-order valence-electron chi connectivity index (χ3n) is 1.86. The number of aromatic amines is 1. The Morgan fingerprint density at radius 3 is 2.73 bits per heavy atom. The molecule has 1 heterocycles. The fourth-order valence-corrected chi connectivity index (χ4v) is 1.29. The Hall–Kier alpha value is -1.52. The van der Waals surface area contributed by atoms with Crippen LogP contribution >= 0.6 is 0 Å². The van der Waals surface area contributed by atoms with Gasteiger partial charge in [-0.2, -0.15) is 0 Å². The summed E-state index contributed by atoms with van der Waals surface area (Å²) in [5.74, 6) is -0.297. The Morgan fingerprint density at radius 2 is 2.20 bits per heavy atom. The van der Waals surface area contributed by atoms with Gasteiger partial charge in [-0.25, -0.2) is 14.7 Å². The predicted molar refractivity (Wildman–Crippen MR) is 53.8 cm³/mol. The van der Waals surface area contributed by atoms with Gasteiger partial charge in [-0.3, -0.25) is 0 Å². The van der Waals surface area contributed by atoms with Crippen molar-refractivity contribution in [1.29, 1.82) is 0 Å². The highest BCUT2D eigenvalue weighted by atomic mass is 16.5. The summed E-state index contributed by atoms with van der Waals surface area (Å²) in [7, 11) is 0. The minimum Gasteiger partial charge on any atom is -0.462 e. The van der Waals surface area contributed by atoms with Gasteiger partial charge in [0.05, 0.1) is 12.3 Å². The minimum atomic E-state index is -0.663. The zero-order valence-corrected chi connectivity index (χ0v) is 9.12. The normalized spacial score (nSPS) is 10.7. The van der Waals surface area contributed by atoms with Crippen LogP contribution in [0.5, 0.6) is 0 Å². The molecule has 0 aliphatic heterocycles. The summed E-state index contributed by atoms with van der Waals surface area (Å²) in [6.45, 7) is 5.90. The van der Waals surface area contributed by atoms with Gasteiger partial charge in [-0.15, -0.1) is 0 Å². The highest BCUT2D eigenvalue weighted by molar-refractivity contribution is 5.90. The van der Waals surface area contributed by atoms with Gasteiger partial charge < -0.3 is 9.26 Å². The molecule has 0 spiro atoms. The molecule has 0 aliphatic carbocycles. The van der Waals surface area contributed by atoms with E-state index >= 15 is 0 Å². The van der Waals surface area contributed by atoms with E-state index in [4.69, 9.17) is 4.74 Å². The first-order valence-corrected chi connectivity index (χ1v) is 4.93. The van der Waals surface area contributed by atoms with Crippen molar-refractivity contribution in [2.45, 2.75) is 27.2 Å². The highest BCUT2D eigenvalue weighted by Crippen LogP contribution is 2.09. The van der Waals surface area contributed by atoms with Crippen LogP contribution in [0.3, 0.4) is 0 Å². The van der Waals surface area contributed by atoms with Gasteiger partial charge in [0.2, 0.25) is 0 Å². The molecule has 0 aromatic carbocycles. The molecule has 15 heavy (non-hydrogen) atoms. The molecule has 0 bridgehead atoms. The van der Waals surface area contributed by atoms with Gasteiger partial charge in [0.15, 0.2) is 5.56 Å². The van der Waals surface area contributed by atoms with E-state index in [9.17, 15) is 9.59 Å². The molecule has 5 heteroatoms. The van der Waals surface area contributed by atoms with Gasteiger partial charge >= 0.3 is 11.6 Å². The summed E-state index contributed by atoms with van der Waals surface area (Å²) < 4.78 is 9.35. The van der Waals surface area contributed by atoms with Gasteiger partial charge in [0.25, 0.3) is 0 Å². The van der Waals surface area contributed by atoms with E-state index in [1.54, 1.807) is 6.92 Å². The Balaban J connectivity index is 2.99. The van der Waals surface area contributed by atoms with Gasteiger partial charge in [0, 0.05) is 0 Å².